The number of ether oxygens (including phenoxy) is 1. The standard InChI is InChI=1S/C27H38N2O2/c1-26(2)23-10-11-27(31-26)20-8-4-6-17(12-20)13-22-18(7-5-9-24(27)25(23)28)14-21(30)15-19(22)16-29-3/h14-15,17,20,23-25,29-30H,4,6-8,10-13,16,28H2,1-3H3/t17-,20+,23-,24-,25+,27-/m1/s1. The van der Waals surface area contributed by atoms with E-state index in [2.05, 4.69) is 31.0 Å². The first kappa shape index (κ1) is 21.3. The molecule has 4 nitrogen and oxygen atoms in total. The van der Waals surface area contributed by atoms with E-state index >= 15 is 0 Å². The third kappa shape index (κ3) is 3.50. The Balaban J connectivity index is 1.60. The number of fused-ring (bicyclic) bond motifs is 5. The fraction of sp³-hybridized carbons (Fsp3) is 0.704. The molecule has 1 aromatic rings. The Morgan fingerprint density at radius 2 is 2.10 bits per heavy atom. The molecular weight excluding hydrogens is 384 g/mol. The summed E-state index contributed by atoms with van der Waals surface area (Å²) in [5, 5.41) is 13.7. The molecule has 4 heteroatoms. The molecule has 2 aliphatic heterocycles. The Labute approximate surface area is 187 Å². The van der Waals surface area contributed by atoms with Crippen LogP contribution in [0.3, 0.4) is 0 Å². The maximum atomic E-state index is 10.4. The van der Waals surface area contributed by atoms with Crippen molar-refractivity contribution in [2.45, 2.75) is 89.0 Å². The van der Waals surface area contributed by atoms with Crippen molar-refractivity contribution < 1.29 is 9.84 Å². The fourth-order valence-electron chi connectivity index (χ4n) is 7.55. The predicted octanol–water partition coefficient (Wildman–Crippen LogP) is 3.92. The van der Waals surface area contributed by atoms with Crippen molar-refractivity contribution in [3.8, 4) is 17.6 Å². The molecule has 2 saturated heterocycles. The van der Waals surface area contributed by atoms with Gasteiger partial charge in [-0.15, -0.1) is 0 Å². The van der Waals surface area contributed by atoms with Crippen LogP contribution >= 0.6 is 0 Å². The Kier molecular flexibility index (Phi) is 5.36. The highest BCUT2D eigenvalue weighted by atomic mass is 16.5. The second-order valence-corrected chi connectivity index (χ2v) is 11.1. The van der Waals surface area contributed by atoms with Crippen LogP contribution < -0.4 is 11.1 Å². The number of rotatable bonds is 2. The summed E-state index contributed by atoms with van der Waals surface area (Å²) in [6.45, 7) is 5.27. The topological polar surface area (TPSA) is 67.5 Å². The Morgan fingerprint density at radius 3 is 2.87 bits per heavy atom. The molecule has 6 atom stereocenters. The summed E-state index contributed by atoms with van der Waals surface area (Å²) in [6, 6.07) is 3.95. The molecule has 1 spiro atoms. The highest BCUT2D eigenvalue weighted by Crippen LogP contribution is 2.58. The van der Waals surface area contributed by atoms with Crippen LogP contribution in [0.15, 0.2) is 12.1 Å². The van der Waals surface area contributed by atoms with Crippen molar-refractivity contribution in [3.63, 3.8) is 0 Å². The zero-order chi connectivity index (χ0) is 21.8. The first-order valence-corrected chi connectivity index (χ1v) is 12.3. The molecule has 0 radical (unpaired) electrons. The Bertz CT molecular complexity index is 914. The predicted molar refractivity (Wildman–Crippen MR) is 124 cm³/mol. The number of phenolic OH excluding ortho intramolecular Hbond substituents is 1. The largest absolute Gasteiger partial charge is 0.508 e. The molecule has 4 fully saturated rings. The van der Waals surface area contributed by atoms with Crippen molar-refractivity contribution in [2.75, 3.05) is 7.05 Å². The lowest BCUT2D eigenvalue weighted by Crippen LogP contribution is -2.71. The van der Waals surface area contributed by atoms with Gasteiger partial charge in [0.05, 0.1) is 17.1 Å². The number of benzene rings is 1. The Hall–Kier alpha value is -1.54. The van der Waals surface area contributed by atoms with Gasteiger partial charge in [0, 0.05) is 24.9 Å². The maximum absolute atomic E-state index is 10.4. The van der Waals surface area contributed by atoms with Crippen molar-refractivity contribution in [2.24, 2.45) is 29.4 Å². The number of hydrogen-bond donors (Lipinski definition) is 3. The molecule has 2 saturated carbocycles. The highest BCUT2D eigenvalue weighted by Gasteiger charge is 2.62. The zero-order valence-corrected chi connectivity index (χ0v) is 19.3. The van der Waals surface area contributed by atoms with Crippen LogP contribution in [0.2, 0.25) is 0 Å². The molecule has 4 bridgehead atoms. The van der Waals surface area contributed by atoms with Gasteiger partial charge in [-0.2, -0.15) is 0 Å². The van der Waals surface area contributed by atoms with E-state index in [1.54, 1.807) is 0 Å². The van der Waals surface area contributed by atoms with Gasteiger partial charge in [0.2, 0.25) is 0 Å². The molecule has 0 amide bonds. The maximum Gasteiger partial charge on any atom is 0.116 e. The van der Waals surface area contributed by atoms with Gasteiger partial charge in [-0.1, -0.05) is 24.7 Å². The van der Waals surface area contributed by atoms with E-state index in [1.165, 1.54) is 42.4 Å². The second kappa shape index (κ2) is 7.80. The minimum atomic E-state index is -0.199. The quantitative estimate of drug-likeness (QED) is 0.632. The lowest BCUT2D eigenvalue weighted by Gasteiger charge is -2.63. The van der Waals surface area contributed by atoms with Crippen LogP contribution in [-0.2, 0) is 24.1 Å². The van der Waals surface area contributed by atoms with Crippen LogP contribution in [0, 0.1) is 35.5 Å². The van der Waals surface area contributed by atoms with E-state index in [-0.39, 0.29) is 23.2 Å². The molecule has 4 N–H and O–H groups in total. The normalized spacial score (nSPS) is 38.3. The van der Waals surface area contributed by atoms with Gasteiger partial charge in [0.15, 0.2) is 0 Å². The monoisotopic (exact) mass is 422 g/mol. The number of nitrogens with two attached hydrogens (primary N) is 1. The molecule has 31 heavy (non-hydrogen) atoms. The second-order valence-electron chi connectivity index (χ2n) is 11.1. The first-order valence-electron chi connectivity index (χ1n) is 12.3. The smallest absolute Gasteiger partial charge is 0.116 e. The van der Waals surface area contributed by atoms with Crippen molar-refractivity contribution in [3.05, 3.63) is 28.8 Å². The van der Waals surface area contributed by atoms with Gasteiger partial charge in [-0.05, 0) is 93.7 Å². The van der Waals surface area contributed by atoms with Gasteiger partial charge in [0.25, 0.3) is 0 Å². The van der Waals surface area contributed by atoms with Crippen LogP contribution in [0.5, 0.6) is 5.75 Å². The lowest BCUT2D eigenvalue weighted by atomic mass is 9.54. The number of phenols is 1. The third-order valence-electron chi connectivity index (χ3n) is 8.86. The van der Waals surface area contributed by atoms with Gasteiger partial charge in [-0.3, -0.25) is 0 Å². The van der Waals surface area contributed by atoms with E-state index in [0.717, 1.165) is 25.8 Å². The molecule has 2 heterocycles. The van der Waals surface area contributed by atoms with Crippen LogP contribution in [0.4, 0.5) is 0 Å². The van der Waals surface area contributed by atoms with Gasteiger partial charge in [0.1, 0.15) is 5.75 Å². The summed E-state index contributed by atoms with van der Waals surface area (Å²) in [5.74, 6) is 9.16. The fourth-order valence-corrected chi connectivity index (χ4v) is 7.55. The number of nitrogens with one attached hydrogen (secondary N) is 1. The van der Waals surface area contributed by atoms with E-state index in [1.807, 2.05) is 19.2 Å². The zero-order valence-electron chi connectivity index (χ0n) is 19.3. The summed E-state index contributed by atoms with van der Waals surface area (Å²) in [6.07, 6.45) is 8.97. The summed E-state index contributed by atoms with van der Waals surface area (Å²) < 4.78 is 7.02. The summed E-state index contributed by atoms with van der Waals surface area (Å²) in [5.41, 5.74) is 10.3. The van der Waals surface area contributed by atoms with Crippen molar-refractivity contribution in [1.29, 1.82) is 0 Å². The van der Waals surface area contributed by atoms with Gasteiger partial charge >= 0.3 is 0 Å². The molecule has 168 valence electrons. The van der Waals surface area contributed by atoms with E-state index in [4.69, 9.17) is 10.5 Å². The number of hydrogen-bond acceptors (Lipinski definition) is 4. The first-order chi connectivity index (χ1) is 14.8. The van der Waals surface area contributed by atoms with Gasteiger partial charge in [-0.25, -0.2) is 0 Å². The molecular formula is C27H38N2O2. The third-order valence-corrected chi connectivity index (χ3v) is 8.86. The molecule has 0 unspecified atom stereocenters. The summed E-state index contributed by atoms with van der Waals surface area (Å²) >= 11 is 0. The van der Waals surface area contributed by atoms with E-state index < -0.39 is 0 Å². The van der Waals surface area contributed by atoms with E-state index in [9.17, 15) is 5.11 Å². The van der Waals surface area contributed by atoms with Crippen LogP contribution in [0.1, 0.15) is 69.1 Å². The van der Waals surface area contributed by atoms with Gasteiger partial charge < -0.3 is 20.9 Å². The Morgan fingerprint density at radius 1 is 1.26 bits per heavy atom. The minimum absolute atomic E-state index is 0.0784. The molecule has 0 aromatic heterocycles. The lowest BCUT2D eigenvalue weighted by molar-refractivity contribution is -0.285. The molecule has 1 aromatic carbocycles. The van der Waals surface area contributed by atoms with Crippen LogP contribution in [0.25, 0.3) is 0 Å². The molecule has 5 aliphatic rings. The van der Waals surface area contributed by atoms with Crippen molar-refractivity contribution >= 4 is 0 Å². The average Bonchev–Trinajstić information content (AvgIpc) is 2.73. The summed E-state index contributed by atoms with van der Waals surface area (Å²) in [7, 11) is 1.97. The average molecular weight is 423 g/mol. The van der Waals surface area contributed by atoms with Crippen molar-refractivity contribution in [1.82, 2.24) is 5.32 Å². The highest BCUT2D eigenvalue weighted by molar-refractivity contribution is 5.44. The van der Waals surface area contributed by atoms with E-state index in [0.29, 0.717) is 29.9 Å². The SMILES string of the molecule is CNCc1cc(O)cc2c1C[C@@H]1CCC[C@@H](C1)[C@]13CC[C@H]([C@H](N)[C@H]1C#CC2)C(C)(C)O3. The molecule has 3 aliphatic carbocycles. The summed E-state index contributed by atoms with van der Waals surface area (Å²) in [4.78, 5) is 0. The minimum Gasteiger partial charge on any atom is -0.508 e. The van der Waals surface area contributed by atoms with Crippen LogP contribution in [-0.4, -0.2) is 29.4 Å². The molecule has 6 rings (SSSR count). The number of aromatic hydroxyl groups is 1.